The molecule has 0 saturated carbocycles. The summed E-state index contributed by atoms with van der Waals surface area (Å²) in [5.41, 5.74) is 2.80. The molecule has 1 aromatic rings. The lowest BCUT2D eigenvalue weighted by Crippen LogP contribution is -2.12. The molecule has 1 aliphatic heterocycles. The van der Waals surface area contributed by atoms with Crippen LogP contribution in [-0.4, -0.2) is 29.9 Å². The van der Waals surface area contributed by atoms with E-state index in [2.05, 4.69) is 0 Å². The van der Waals surface area contributed by atoms with Crippen LogP contribution in [0.5, 0.6) is 0 Å². The average molecular weight is 290 g/mol. The lowest BCUT2D eigenvalue weighted by Gasteiger charge is -2.10. The summed E-state index contributed by atoms with van der Waals surface area (Å²) in [6, 6.07) is 7.71. The normalized spacial score (nSPS) is 18.3. The van der Waals surface area contributed by atoms with Crippen LogP contribution in [0.1, 0.15) is 30.9 Å². The van der Waals surface area contributed by atoms with Gasteiger partial charge in [-0.25, -0.2) is 0 Å². The lowest BCUT2D eigenvalue weighted by molar-refractivity contribution is -0.144. The van der Waals surface area contributed by atoms with Crippen molar-refractivity contribution in [2.75, 3.05) is 18.1 Å². The summed E-state index contributed by atoms with van der Waals surface area (Å²) in [6.45, 7) is 4.03. The molecule has 2 rings (SSSR count). The summed E-state index contributed by atoms with van der Waals surface area (Å²) in [5.74, 6) is 1.13. The molecular formula is C16H18O3S. The molecule has 0 spiro atoms. The summed E-state index contributed by atoms with van der Waals surface area (Å²) in [4.78, 5) is 23.2. The summed E-state index contributed by atoms with van der Waals surface area (Å²) in [5, 5.41) is 0. The number of carbonyl (C=O) groups excluding carboxylic acids is 2. The van der Waals surface area contributed by atoms with Gasteiger partial charge < -0.3 is 4.74 Å². The molecule has 1 aromatic carbocycles. The molecule has 1 saturated heterocycles. The van der Waals surface area contributed by atoms with E-state index in [1.165, 1.54) is 0 Å². The Morgan fingerprint density at radius 3 is 2.60 bits per heavy atom. The van der Waals surface area contributed by atoms with Gasteiger partial charge in [0, 0.05) is 11.3 Å². The molecule has 0 aliphatic carbocycles. The molecule has 1 aliphatic rings. The Labute approximate surface area is 123 Å². The fourth-order valence-electron chi connectivity index (χ4n) is 2.03. The minimum absolute atomic E-state index is 0.207. The van der Waals surface area contributed by atoms with Gasteiger partial charge in [0.05, 0.1) is 18.3 Å². The van der Waals surface area contributed by atoms with E-state index in [9.17, 15) is 9.59 Å². The van der Waals surface area contributed by atoms with E-state index in [4.69, 9.17) is 4.74 Å². The molecule has 3 nitrogen and oxygen atoms in total. The van der Waals surface area contributed by atoms with E-state index < -0.39 is 0 Å². The second-order valence-corrected chi connectivity index (χ2v) is 5.71. The minimum Gasteiger partial charge on any atom is -0.466 e. The number of esters is 1. The zero-order chi connectivity index (χ0) is 14.5. The number of rotatable bonds is 4. The number of ketones is 1. The van der Waals surface area contributed by atoms with Gasteiger partial charge in [0.1, 0.15) is 0 Å². The third-order valence-corrected chi connectivity index (χ3v) is 4.25. The number of benzene rings is 1. The topological polar surface area (TPSA) is 43.4 Å². The highest BCUT2D eigenvalue weighted by molar-refractivity contribution is 8.00. The molecule has 1 unspecified atom stereocenters. The van der Waals surface area contributed by atoms with E-state index in [1.54, 1.807) is 18.7 Å². The second kappa shape index (κ2) is 6.75. The fourth-order valence-corrected chi connectivity index (χ4v) is 2.97. The van der Waals surface area contributed by atoms with Crippen molar-refractivity contribution in [2.24, 2.45) is 0 Å². The van der Waals surface area contributed by atoms with Crippen LogP contribution >= 0.6 is 11.8 Å². The van der Waals surface area contributed by atoms with Crippen LogP contribution < -0.4 is 0 Å². The highest BCUT2D eigenvalue weighted by Gasteiger charge is 2.18. The predicted molar refractivity (Wildman–Crippen MR) is 81.8 cm³/mol. The minimum atomic E-state index is -0.264. The van der Waals surface area contributed by atoms with Crippen LogP contribution in [-0.2, 0) is 14.3 Å². The first-order chi connectivity index (χ1) is 9.61. The van der Waals surface area contributed by atoms with Crippen LogP contribution in [0.2, 0.25) is 0 Å². The number of ether oxygens (including phenoxy) is 1. The van der Waals surface area contributed by atoms with Crippen LogP contribution in [0.15, 0.2) is 29.8 Å². The first kappa shape index (κ1) is 14.9. The molecule has 0 radical (unpaired) electrons. The maximum absolute atomic E-state index is 11.7. The molecule has 1 atom stereocenters. The van der Waals surface area contributed by atoms with Gasteiger partial charge in [-0.05, 0) is 31.1 Å². The van der Waals surface area contributed by atoms with Crippen LogP contribution in [0.25, 0.3) is 6.08 Å². The van der Waals surface area contributed by atoms with Crippen molar-refractivity contribution in [2.45, 2.75) is 19.8 Å². The van der Waals surface area contributed by atoms with Gasteiger partial charge in [-0.2, -0.15) is 0 Å². The largest absolute Gasteiger partial charge is 0.466 e. The van der Waals surface area contributed by atoms with Crippen molar-refractivity contribution in [1.82, 2.24) is 0 Å². The second-order valence-electron chi connectivity index (χ2n) is 4.73. The SMILES string of the molecule is CCOC(=O)C(C)c1ccc(/C=C2/CSCC2=O)cc1. The Hall–Kier alpha value is -1.55. The Balaban J connectivity index is 2.10. The van der Waals surface area contributed by atoms with Crippen molar-refractivity contribution < 1.29 is 14.3 Å². The van der Waals surface area contributed by atoms with E-state index in [1.807, 2.05) is 37.3 Å². The van der Waals surface area contributed by atoms with Gasteiger partial charge >= 0.3 is 5.97 Å². The summed E-state index contributed by atoms with van der Waals surface area (Å²) >= 11 is 1.65. The fraction of sp³-hybridized carbons (Fsp3) is 0.375. The zero-order valence-electron chi connectivity index (χ0n) is 11.7. The number of hydrogen-bond acceptors (Lipinski definition) is 4. The van der Waals surface area contributed by atoms with E-state index >= 15 is 0 Å². The molecule has 0 amide bonds. The molecule has 0 bridgehead atoms. The Bertz CT molecular complexity index is 531. The maximum atomic E-state index is 11.7. The molecular weight excluding hydrogens is 272 g/mol. The number of carbonyl (C=O) groups is 2. The molecule has 106 valence electrons. The van der Waals surface area contributed by atoms with Gasteiger partial charge in [0.25, 0.3) is 0 Å². The third kappa shape index (κ3) is 3.51. The molecule has 0 aromatic heterocycles. The van der Waals surface area contributed by atoms with Gasteiger partial charge in [0.2, 0.25) is 0 Å². The average Bonchev–Trinajstić information content (AvgIpc) is 2.85. The van der Waals surface area contributed by atoms with E-state index in [0.717, 1.165) is 22.5 Å². The molecule has 1 fully saturated rings. The van der Waals surface area contributed by atoms with Gasteiger partial charge in [-0.1, -0.05) is 24.3 Å². The molecule has 20 heavy (non-hydrogen) atoms. The van der Waals surface area contributed by atoms with Crippen molar-refractivity contribution in [1.29, 1.82) is 0 Å². The molecule has 0 N–H and O–H groups in total. The number of hydrogen-bond donors (Lipinski definition) is 0. The van der Waals surface area contributed by atoms with E-state index in [-0.39, 0.29) is 17.7 Å². The predicted octanol–water partition coefficient (Wildman–Crippen LogP) is 3.05. The number of thioether (sulfide) groups is 1. The monoisotopic (exact) mass is 290 g/mol. The Morgan fingerprint density at radius 1 is 1.35 bits per heavy atom. The maximum Gasteiger partial charge on any atom is 0.313 e. The third-order valence-electron chi connectivity index (χ3n) is 3.27. The van der Waals surface area contributed by atoms with Crippen molar-refractivity contribution in [3.8, 4) is 0 Å². The van der Waals surface area contributed by atoms with Crippen molar-refractivity contribution in [3.05, 3.63) is 41.0 Å². The first-order valence-corrected chi connectivity index (χ1v) is 7.85. The smallest absolute Gasteiger partial charge is 0.313 e. The van der Waals surface area contributed by atoms with Gasteiger partial charge in [0.15, 0.2) is 5.78 Å². The molecule has 4 heteroatoms. The summed E-state index contributed by atoms with van der Waals surface area (Å²) in [6.07, 6.45) is 1.93. The first-order valence-electron chi connectivity index (χ1n) is 6.70. The standard InChI is InChI=1S/C16H18O3S/c1-3-19-16(18)11(2)13-6-4-12(5-7-13)8-14-9-20-10-15(14)17/h4-8,11H,3,9-10H2,1-2H3/b14-8-. The number of Topliss-reactive ketones (excluding diaryl/α,β-unsaturated/α-hetero) is 1. The van der Waals surface area contributed by atoms with Crippen molar-refractivity contribution in [3.63, 3.8) is 0 Å². The van der Waals surface area contributed by atoms with Crippen LogP contribution in [0.3, 0.4) is 0 Å². The highest BCUT2D eigenvalue weighted by atomic mass is 32.2. The Kier molecular flexibility index (Phi) is 5.01. The summed E-state index contributed by atoms with van der Waals surface area (Å²) in [7, 11) is 0. The molecule has 1 heterocycles. The quantitative estimate of drug-likeness (QED) is 0.631. The van der Waals surface area contributed by atoms with Crippen molar-refractivity contribution >= 4 is 29.6 Å². The van der Waals surface area contributed by atoms with Crippen LogP contribution in [0, 0.1) is 0 Å². The van der Waals surface area contributed by atoms with Gasteiger partial charge in [-0.15, -0.1) is 11.8 Å². The van der Waals surface area contributed by atoms with E-state index in [0.29, 0.717) is 12.4 Å². The van der Waals surface area contributed by atoms with Crippen LogP contribution in [0.4, 0.5) is 0 Å². The van der Waals surface area contributed by atoms with Gasteiger partial charge in [-0.3, -0.25) is 9.59 Å². The zero-order valence-corrected chi connectivity index (χ0v) is 12.5. The highest BCUT2D eigenvalue weighted by Crippen LogP contribution is 2.23. The Morgan fingerprint density at radius 2 is 2.05 bits per heavy atom. The summed E-state index contributed by atoms with van der Waals surface area (Å²) < 4.78 is 5.01. The lowest BCUT2D eigenvalue weighted by atomic mass is 9.99.